The molecule has 0 amide bonds. The topological polar surface area (TPSA) is 75.0 Å². The Bertz CT molecular complexity index is 688. The Labute approximate surface area is 123 Å². The maximum absolute atomic E-state index is 11.5. The summed E-state index contributed by atoms with van der Waals surface area (Å²) in [5, 5.41) is 11.9. The first kappa shape index (κ1) is 14.5. The van der Waals surface area contributed by atoms with E-state index < -0.39 is 5.97 Å². The van der Waals surface area contributed by atoms with Gasteiger partial charge in [-0.25, -0.2) is 9.78 Å². The van der Waals surface area contributed by atoms with Gasteiger partial charge in [-0.2, -0.15) is 5.26 Å². The zero-order valence-electron chi connectivity index (χ0n) is 11.9. The average molecular weight is 281 g/mol. The van der Waals surface area contributed by atoms with E-state index in [1.54, 1.807) is 31.2 Å². The lowest BCUT2D eigenvalue weighted by molar-refractivity contribution is 0.0599. The summed E-state index contributed by atoms with van der Waals surface area (Å²) in [7, 11) is 1.35. The highest BCUT2D eigenvalue weighted by atomic mass is 16.5. The summed E-state index contributed by atoms with van der Waals surface area (Å²) in [6, 6.07) is 12.8. The first-order valence-electron chi connectivity index (χ1n) is 6.43. The average Bonchev–Trinajstić information content (AvgIpc) is 2.52. The third kappa shape index (κ3) is 3.57. The van der Waals surface area contributed by atoms with E-state index in [1.807, 2.05) is 12.1 Å². The van der Waals surface area contributed by atoms with Crippen LogP contribution in [-0.4, -0.2) is 18.1 Å². The van der Waals surface area contributed by atoms with Crippen LogP contribution in [0.4, 0.5) is 5.82 Å². The summed E-state index contributed by atoms with van der Waals surface area (Å²) in [4.78, 5) is 15.8. The Morgan fingerprint density at radius 3 is 2.57 bits per heavy atom. The molecule has 5 heteroatoms. The smallest absolute Gasteiger partial charge is 0.339 e. The van der Waals surface area contributed by atoms with Crippen molar-refractivity contribution in [2.75, 3.05) is 12.4 Å². The third-order valence-electron chi connectivity index (χ3n) is 3.05. The molecule has 0 bridgehead atoms. The van der Waals surface area contributed by atoms with E-state index in [1.165, 1.54) is 7.11 Å². The molecule has 2 rings (SSSR count). The Hall–Kier alpha value is -2.87. The van der Waals surface area contributed by atoms with Gasteiger partial charge < -0.3 is 10.1 Å². The molecule has 5 nitrogen and oxygen atoms in total. The number of ether oxygens (including phenoxy) is 1. The molecule has 106 valence electrons. The highest BCUT2D eigenvalue weighted by Gasteiger charge is 2.10. The van der Waals surface area contributed by atoms with E-state index in [0.29, 0.717) is 29.2 Å². The van der Waals surface area contributed by atoms with Crippen LogP contribution in [0.3, 0.4) is 0 Å². The van der Waals surface area contributed by atoms with Crippen molar-refractivity contribution in [1.82, 2.24) is 4.98 Å². The van der Waals surface area contributed by atoms with Crippen LogP contribution in [0.5, 0.6) is 0 Å². The first-order chi connectivity index (χ1) is 10.1. The highest BCUT2D eigenvalue weighted by molar-refractivity contribution is 5.90. The van der Waals surface area contributed by atoms with Crippen LogP contribution in [0, 0.1) is 18.3 Å². The molecule has 0 saturated carbocycles. The number of esters is 1. The van der Waals surface area contributed by atoms with Gasteiger partial charge in [0.25, 0.3) is 0 Å². The van der Waals surface area contributed by atoms with E-state index in [0.717, 1.165) is 5.56 Å². The Kier molecular flexibility index (Phi) is 4.52. The third-order valence-corrected chi connectivity index (χ3v) is 3.05. The molecular formula is C16H15N3O2. The normalized spacial score (nSPS) is 9.76. The van der Waals surface area contributed by atoms with Crippen LogP contribution in [0.1, 0.15) is 27.2 Å². The minimum atomic E-state index is -0.390. The van der Waals surface area contributed by atoms with Gasteiger partial charge in [-0.1, -0.05) is 12.1 Å². The molecule has 1 aromatic heterocycles. The standard InChI is InChI=1S/C16H15N3O2/c1-11-14(16(20)21-2)7-8-15(19-11)18-10-13-5-3-12(9-17)4-6-13/h3-8H,10H2,1-2H3,(H,18,19). The van der Waals surface area contributed by atoms with Crippen molar-refractivity contribution >= 4 is 11.8 Å². The molecule has 0 saturated heterocycles. The van der Waals surface area contributed by atoms with Crippen molar-refractivity contribution in [2.45, 2.75) is 13.5 Å². The molecule has 0 atom stereocenters. The second-order valence-electron chi connectivity index (χ2n) is 4.48. The Balaban J connectivity index is 2.05. The number of rotatable bonds is 4. The van der Waals surface area contributed by atoms with Gasteiger partial charge >= 0.3 is 5.97 Å². The monoisotopic (exact) mass is 281 g/mol. The molecule has 1 aromatic carbocycles. The molecular weight excluding hydrogens is 266 g/mol. The largest absolute Gasteiger partial charge is 0.465 e. The van der Waals surface area contributed by atoms with E-state index >= 15 is 0 Å². The molecule has 21 heavy (non-hydrogen) atoms. The number of hydrogen-bond acceptors (Lipinski definition) is 5. The van der Waals surface area contributed by atoms with Crippen molar-refractivity contribution in [2.24, 2.45) is 0 Å². The number of aromatic nitrogens is 1. The summed E-state index contributed by atoms with van der Waals surface area (Å²) < 4.78 is 4.68. The quantitative estimate of drug-likeness (QED) is 0.872. The molecule has 1 N–H and O–H groups in total. The second-order valence-corrected chi connectivity index (χ2v) is 4.48. The predicted molar refractivity (Wildman–Crippen MR) is 78.8 cm³/mol. The summed E-state index contributed by atoms with van der Waals surface area (Å²) in [5.74, 6) is 0.295. The molecule has 0 aliphatic heterocycles. The lowest BCUT2D eigenvalue weighted by Crippen LogP contribution is -2.08. The fourth-order valence-corrected chi connectivity index (χ4v) is 1.87. The molecule has 0 fully saturated rings. The first-order valence-corrected chi connectivity index (χ1v) is 6.43. The van der Waals surface area contributed by atoms with Crippen molar-refractivity contribution in [1.29, 1.82) is 5.26 Å². The molecule has 0 aliphatic carbocycles. The number of aryl methyl sites for hydroxylation is 1. The van der Waals surface area contributed by atoms with Crippen LogP contribution < -0.4 is 5.32 Å². The maximum atomic E-state index is 11.5. The van der Waals surface area contributed by atoms with Gasteiger partial charge in [-0.3, -0.25) is 0 Å². The van der Waals surface area contributed by atoms with E-state index in [4.69, 9.17) is 5.26 Å². The van der Waals surface area contributed by atoms with Crippen molar-refractivity contribution in [3.63, 3.8) is 0 Å². The highest BCUT2D eigenvalue weighted by Crippen LogP contribution is 2.13. The van der Waals surface area contributed by atoms with Gasteiger partial charge in [0, 0.05) is 6.54 Å². The van der Waals surface area contributed by atoms with Gasteiger partial charge in [-0.15, -0.1) is 0 Å². The van der Waals surface area contributed by atoms with Crippen LogP contribution in [-0.2, 0) is 11.3 Å². The van der Waals surface area contributed by atoms with Gasteiger partial charge in [0.2, 0.25) is 0 Å². The number of nitrogens with one attached hydrogen (secondary N) is 1. The van der Waals surface area contributed by atoms with E-state index in [-0.39, 0.29) is 0 Å². The van der Waals surface area contributed by atoms with Crippen LogP contribution in [0.2, 0.25) is 0 Å². The van der Waals surface area contributed by atoms with E-state index in [2.05, 4.69) is 21.1 Å². The van der Waals surface area contributed by atoms with Gasteiger partial charge in [-0.05, 0) is 36.8 Å². The molecule has 0 radical (unpaired) electrons. The molecule has 2 aromatic rings. The van der Waals surface area contributed by atoms with Crippen molar-refractivity contribution in [3.05, 3.63) is 58.8 Å². The molecule has 0 aliphatic rings. The molecule has 0 unspecified atom stereocenters. The second kappa shape index (κ2) is 6.53. The molecule has 1 heterocycles. The molecule has 0 spiro atoms. The Morgan fingerprint density at radius 2 is 2.00 bits per heavy atom. The maximum Gasteiger partial charge on any atom is 0.339 e. The number of nitrogens with zero attached hydrogens (tertiary/aromatic N) is 2. The Morgan fingerprint density at radius 1 is 1.29 bits per heavy atom. The summed E-state index contributed by atoms with van der Waals surface area (Å²) in [6.07, 6.45) is 0. The lowest BCUT2D eigenvalue weighted by Gasteiger charge is -2.08. The number of carbonyl (C=O) groups excluding carboxylic acids is 1. The number of hydrogen-bond donors (Lipinski definition) is 1. The predicted octanol–water partition coefficient (Wildman–Crippen LogP) is 2.66. The van der Waals surface area contributed by atoms with Crippen LogP contribution in [0.25, 0.3) is 0 Å². The number of nitriles is 1. The number of anilines is 1. The van der Waals surface area contributed by atoms with Crippen molar-refractivity contribution in [3.8, 4) is 6.07 Å². The SMILES string of the molecule is COC(=O)c1ccc(NCc2ccc(C#N)cc2)nc1C. The zero-order chi connectivity index (χ0) is 15.2. The zero-order valence-corrected chi connectivity index (χ0v) is 11.9. The summed E-state index contributed by atoms with van der Waals surface area (Å²) >= 11 is 0. The number of methoxy groups -OCH3 is 1. The summed E-state index contributed by atoms with van der Waals surface area (Å²) in [6.45, 7) is 2.36. The number of benzene rings is 1. The number of pyridine rings is 1. The fourth-order valence-electron chi connectivity index (χ4n) is 1.87. The van der Waals surface area contributed by atoms with Crippen LogP contribution in [0.15, 0.2) is 36.4 Å². The van der Waals surface area contributed by atoms with Crippen LogP contribution >= 0.6 is 0 Å². The van der Waals surface area contributed by atoms with E-state index in [9.17, 15) is 4.79 Å². The fraction of sp³-hybridized carbons (Fsp3) is 0.188. The van der Waals surface area contributed by atoms with Gasteiger partial charge in [0.05, 0.1) is 30.0 Å². The van der Waals surface area contributed by atoms with Gasteiger partial charge in [0.1, 0.15) is 5.82 Å². The van der Waals surface area contributed by atoms with Crippen molar-refractivity contribution < 1.29 is 9.53 Å². The van der Waals surface area contributed by atoms with Gasteiger partial charge in [0.15, 0.2) is 0 Å². The number of carbonyl (C=O) groups is 1. The lowest BCUT2D eigenvalue weighted by atomic mass is 10.1. The minimum Gasteiger partial charge on any atom is -0.465 e. The minimum absolute atomic E-state index is 0.390. The summed E-state index contributed by atoms with van der Waals surface area (Å²) in [5.41, 5.74) is 2.76.